The van der Waals surface area contributed by atoms with Crippen molar-refractivity contribution < 1.29 is 4.74 Å². The molecule has 1 aliphatic heterocycles. The SMILES string of the molecule is COc1ccc(Cl)cc1-n1nc(-c2cc(C)cc(C)c2)c2c1NCCCC2. The lowest BCUT2D eigenvalue weighted by atomic mass is 10.00. The second kappa shape index (κ2) is 7.28. The number of fused-ring (bicyclic) bond motifs is 1. The van der Waals surface area contributed by atoms with Crippen molar-refractivity contribution in [1.29, 1.82) is 0 Å². The summed E-state index contributed by atoms with van der Waals surface area (Å²) in [5.41, 5.74) is 6.80. The average molecular weight is 382 g/mol. The lowest BCUT2D eigenvalue weighted by Crippen LogP contribution is -2.08. The van der Waals surface area contributed by atoms with E-state index >= 15 is 0 Å². The molecule has 0 atom stereocenters. The summed E-state index contributed by atoms with van der Waals surface area (Å²) in [4.78, 5) is 0. The van der Waals surface area contributed by atoms with Crippen molar-refractivity contribution in [2.75, 3.05) is 19.0 Å². The van der Waals surface area contributed by atoms with E-state index in [1.165, 1.54) is 16.7 Å². The number of ether oxygens (including phenoxy) is 1. The van der Waals surface area contributed by atoms with Crippen molar-refractivity contribution in [2.24, 2.45) is 0 Å². The molecule has 0 spiro atoms. The Balaban J connectivity index is 1.96. The van der Waals surface area contributed by atoms with Crippen molar-refractivity contribution in [3.63, 3.8) is 0 Å². The van der Waals surface area contributed by atoms with Gasteiger partial charge in [0.25, 0.3) is 0 Å². The molecule has 0 amide bonds. The smallest absolute Gasteiger partial charge is 0.144 e. The van der Waals surface area contributed by atoms with E-state index in [0.29, 0.717) is 5.02 Å². The molecular formula is C22H24ClN3O. The Morgan fingerprint density at radius 3 is 2.59 bits per heavy atom. The minimum Gasteiger partial charge on any atom is -0.494 e. The Bertz CT molecular complexity index is 973. The van der Waals surface area contributed by atoms with E-state index in [9.17, 15) is 0 Å². The number of benzene rings is 2. The normalized spacial score (nSPS) is 13.6. The summed E-state index contributed by atoms with van der Waals surface area (Å²) in [6, 6.07) is 12.2. The number of hydrogen-bond donors (Lipinski definition) is 1. The lowest BCUT2D eigenvalue weighted by molar-refractivity contribution is 0.412. The Morgan fingerprint density at radius 1 is 1.07 bits per heavy atom. The highest BCUT2D eigenvalue weighted by atomic mass is 35.5. The molecule has 1 aromatic heterocycles. The van der Waals surface area contributed by atoms with Crippen LogP contribution in [0.25, 0.3) is 16.9 Å². The fourth-order valence-electron chi connectivity index (χ4n) is 3.85. The molecule has 5 heteroatoms. The zero-order chi connectivity index (χ0) is 19.0. The van der Waals surface area contributed by atoms with Crippen molar-refractivity contribution in [1.82, 2.24) is 9.78 Å². The van der Waals surface area contributed by atoms with Gasteiger partial charge in [0.05, 0.1) is 12.8 Å². The monoisotopic (exact) mass is 381 g/mol. The number of anilines is 1. The molecule has 0 saturated carbocycles. The maximum Gasteiger partial charge on any atom is 0.144 e. The molecule has 0 fully saturated rings. The van der Waals surface area contributed by atoms with Gasteiger partial charge in [-0.15, -0.1) is 0 Å². The third-order valence-corrected chi connectivity index (χ3v) is 5.23. The van der Waals surface area contributed by atoms with Gasteiger partial charge in [0.15, 0.2) is 0 Å². The van der Waals surface area contributed by atoms with E-state index in [0.717, 1.165) is 54.3 Å². The first-order chi connectivity index (χ1) is 13.1. The van der Waals surface area contributed by atoms with Crippen molar-refractivity contribution in [3.05, 3.63) is 58.1 Å². The molecule has 2 heterocycles. The second-order valence-corrected chi connectivity index (χ2v) is 7.60. The fourth-order valence-corrected chi connectivity index (χ4v) is 4.01. The van der Waals surface area contributed by atoms with Crippen LogP contribution in [0, 0.1) is 13.8 Å². The van der Waals surface area contributed by atoms with E-state index < -0.39 is 0 Å². The van der Waals surface area contributed by atoms with E-state index in [1.54, 1.807) is 7.11 Å². The Hall–Kier alpha value is -2.46. The lowest BCUT2D eigenvalue weighted by Gasteiger charge is -2.13. The number of hydrogen-bond acceptors (Lipinski definition) is 3. The van der Waals surface area contributed by atoms with Crippen LogP contribution < -0.4 is 10.1 Å². The van der Waals surface area contributed by atoms with Crippen LogP contribution >= 0.6 is 11.6 Å². The molecule has 4 rings (SSSR count). The van der Waals surface area contributed by atoms with Gasteiger partial charge in [0.2, 0.25) is 0 Å². The quantitative estimate of drug-likeness (QED) is 0.644. The summed E-state index contributed by atoms with van der Waals surface area (Å²) in [6.07, 6.45) is 3.30. The standard InChI is InChI=1S/C22H24ClN3O/c1-14-10-15(2)12-16(11-14)21-18-6-4-5-9-24-22(18)26(25-21)19-13-17(23)7-8-20(19)27-3/h7-8,10-13,24H,4-6,9H2,1-3H3. The van der Waals surface area contributed by atoms with Gasteiger partial charge >= 0.3 is 0 Å². The average Bonchev–Trinajstić information content (AvgIpc) is 2.82. The van der Waals surface area contributed by atoms with E-state index in [4.69, 9.17) is 21.4 Å². The molecule has 4 nitrogen and oxygen atoms in total. The molecule has 1 N–H and O–H groups in total. The number of rotatable bonds is 3. The molecule has 0 unspecified atom stereocenters. The first-order valence-corrected chi connectivity index (χ1v) is 9.73. The predicted octanol–water partition coefficient (Wildman–Crippen LogP) is 5.57. The van der Waals surface area contributed by atoms with Gasteiger partial charge in [0, 0.05) is 22.7 Å². The predicted molar refractivity (Wildman–Crippen MR) is 111 cm³/mol. The summed E-state index contributed by atoms with van der Waals surface area (Å²) in [5.74, 6) is 1.80. The largest absolute Gasteiger partial charge is 0.494 e. The highest BCUT2D eigenvalue weighted by Crippen LogP contribution is 2.37. The number of methoxy groups -OCH3 is 1. The number of halogens is 1. The van der Waals surface area contributed by atoms with Crippen LogP contribution in [-0.4, -0.2) is 23.4 Å². The first-order valence-electron chi connectivity index (χ1n) is 9.35. The summed E-state index contributed by atoms with van der Waals surface area (Å²) in [7, 11) is 1.67. The highest BCUT2D eigenvalue weighted by molar-refractivity contribution is 6.30. The van der Waals surface area contributed by atoms with Crippen LogP contribution in [0.1, 0.15) is 29.5 Å². The van der Waals surface area contributed by atoms with Gasteiger partial charge < -0.3 is 10.1 Å². The number of aromatic nitrogens is 2. The minimum atomic E-state index is 0.664. The van der Waals surface area contributed by atoms with Gasteiger partial charge in [0.1, 0.15) is 17.3 Å². The van der Waals surface area contributed by atoms with E-state index in [2.05, 4.69) is 37.4 Å². The maximum atomic E-state index is 6.29. The van der Waals surface area contributed by atoms with Crippen molar-refractivity contribution >= 4 is 17.4 Å². The molecule has 1 aliphatic rings. The van der Waals surface area contributed by atoms with Crippen LogP contribution in [0.3, 0.4) is 0 Å². The molecular weight excluding hydrogens is 358 g/mol. The third-order valence-electron chi connectivity index (χ3n) is 4.99. The molecule has 0 saturated heterocycles. The van der Waals surface area contributed by atoms with Gasteiger partial charge in [-0.25, -0.2) is 4.68 Å². The summed E-state index contributed by atoms with van der Waals surface area (Å²) < 4.78 is 7.54. The van der Waals surface area contributed by atoms with Crippen LogP contribution in [-0.2, 0) is 6.42 Å². The zero-order valence-electron chi connectivity index (χ0n) is 16.0. The molecule has 0 radical (unpaired) electrons. The van der Waals surface area contributed by atoms with Crippen LogP contribution in [0.2, 0.25) is 5.02 Å². The maximum absolute atomic E-state index is 6.29. The summed E-state index contributed by atoms with van der Waals surface area (Å²) >= 11 is 6.29. The van der Waals surface area contributed by atoms with Crippen LogP contribution in [0.15, 0.2) is 36.4 Å². The van der Waals surface area contributed by atoms with Crippen LogP contribution in [0.4, 0.5) is 5.82 Å². The molecule has 0 bridgehead atoms. The second-order valence-electron chi connectivity index (χ2n) is 7.16. The third kappa shape index (κ3) is 3.42. The Morgan fingerprint density at radius 2 is 1.85 bits per heavy atom. The minimum absolute atomic E-state index is 0.664. The van der Waals surface area contributed by atoms with Gasteiger partial charge in [-0.3, -0.25) is 0 Å². The molecule has 2 aromatic carbocycles. The topological polar surface area (TPSA) is 39.1 Å². The Kier molecular flexibility index (Phi) is 4.83. The van der Waals surface area contributed by atoms with Crippen molar-refractivity contribution in [3.8, 4) is 22.7 Å². The molecule has 140 valence electrons. The van der Waals surface area contributed by atoms with E-state index in [-0.39, 0.29) is 0 Å². The van der Waals surface area contributed by atoms with Gasteiger partial charge in [-0.2, -0.15) is 5.10 Å². The summed E-state index contributed by atoms with van der Waals surface area (Å²) in [5, 5.41) is 9.27. The summed E-state index contributed by atoms with van der Waals surface area (Å²) in [6.45, 7) is 5.20. The number of aryl methyl sites for hydroxylation is 2. The number of nitrogens with one attached hydrogen (secondary N) is 1. The van der Waals surface area contributed by atoms with Gasteiger partial charge in [-0.05, 0) is 63.4 Å². The van der Waals surface area contributed by atoms with Crippen molar-refractivity contribution in [2.45, 2.75) is 33.1 Å². The molecule has 27 heavy (non-hydrogen) atoms. The zero-order valence-corrected chi connectivity index (χ0v) is 16.7. The van der Waals surface area contributed by atoms with Crippen LogP contribution in [0.5, 0.6) is 5.75 Å². The number of nitrogens with zero attached hydrogens (tertiary/aromatic N) is 2. The molecule has 0 aliphatic carbocycles. The van der Waals surface area contributed by atoms with Gasteiger partial charge in [-0.1, -0.05) is 28.8 Å². The first kappa shape index (κ1) is 17.9. The Labute approximate surface area is 165 Å². The molecule has 3 aromatic rings. The highest BCUT2D eigenvalue weighted by Gasteiger charge is 2.23. The fraction of sp³-hybridized carbons (Fsp3) is 0.318. The van der Waals surface area contributed by atoms with E-state index in [1.807, 2.05) is 22.9 Å².